The molecule has 0 aromatic carbocycles. The molecule has 1 aliphatic carbocycles. The molecule has 2 rings (SSSR count). The van der Waals surface area contributed by atoms with Crippen LogP contribution in [0.1, 0.15) is 31.1 Å². The molecule has 0 atom stereocenters. The van der Waals surface area contributed by atoms with E-state index in [1.165, 1.54) is 24.2 Å². The molecule has 2 N–H and O–H groups in total. The molecule has 1 heterocycles. The Morgan fingerprint density at radius 1 is 1.45 bits per heavy atom. The van der Waals surface area contributed by atoms with Gasteiger partial charge in [-0.3, -0.25) is 0 Å². The van der Waals surface area contributed by atoms with Crippen LogP contribution in [0.25, 0.3) is 0 Å². The van der Waals surface area contributed by atoms with E-state index in [2.05, 4.69) is 10.0 Å². The lowest BCUT2D eigenvalue weighted by atomic mass is 10.4. The molecule has 7 heteroatoms. The topological polar surface area (TPSA) is 67.4 Å². The van der Waals surface area contributed by atoms with Gasteiger partial charge in [0.1, 0.15) is 0 Å². The molecular weight excluding hydrogens is 296 g/mol. The SMILES string of the molecule is CCOCCCNS(=O)(=O)c1csc(CNC2CC2)c1. The summed E-state index contributed by atoms with van der Waals surface area (Å²) in [4.78, 5) is 1.43. The molecule has 0 bridgehead atoms. The van der Waals surface area contributed by atoms with Gasteiger partial charge < -0.3 is 10.1 Å². The molecule has 1 saturated carbocycles. The first-order chi connectivity index (χ1) is 9.62. The Balaban J connectivity index is 1.78. The smallest absolute Gasteiger partial charge is 0.241 e. The normalized spacial score (nSPS) is 15.7. The van der Waals surface area contributed by atoms with Crippen molar-refractivity contribution < 1.29 is 13.2 Å². The lowest BCUT2D eigenvalue weighted by Gasteiger charge is -2.05. The molecule has 1 aromatic rings. The molecule has 0 aliphatic heterocycles. The third-order valence-electron chi connectivity index (χ3n) is 3.04. The number of ether oxygens (including phenoxy) is 1. The minimum absolute atomic E-state index is 0.367. The largest absolute Gasteiger partial charge is 0.382 e. The molecule has 1 aliphatic rings. The van der Waals surface area contributed by atoms with Gasteiger partial charge in [0.25, 0.3) is 0 Å². The number of sulfonamides is 1. The third kappa shape index (κ3) is 5.14. The number of nitrogens with one attached hydrogen (secondary N) is 2. The van der Waals surface area contributed by atoms with E-state index in [9.17, 15) is 8.42 Å². The molecule has 5 nitrogen and oxygen atoms in total. The van der Waals surface area contributed by atoms with Crippen LogP contribution in [0.5, 0.6) is 0 Å². The van der Waals surface area contributed by atoms with E-state index >= 15 is 0 Å². The maximum Gasteiger partial charge on any atom is 0.241 e. The maximum atomic E-state index is 12.1. The Hall–Kier alpha value is -0.470. The molecule has 0 amide bonds. The molecule has 1 fully saturated rings. The van der Waals surface area contributed by atoms with Crippen molar-refractivity contribution in [1.29, 1.82) is 0 Å². The zero-order chi connectivity index (χ0) is 14.4. The monoisotopic (exact) mass is 318 g/mol. The summed E-state index contributed by atoms with van der Waals surface area (Å²) in [5, 5.41) is 5.09. The summed E-state index contributed by atoms with van der Waals surface area (Å²) in [6, 6.07) is 2.39. The van der Waals surface area contributed by atoms with Crippen molar-refractivity contribution in [1.82, 2.24) is 10.0 Å². The molecule has 0 spiro atoms. The van der Waals surface area contributed by atoms with Crippen LogP contribution in [0, 0.1) is 0 Å². The summed E-state index contributed by atoms with van der Waals surface area (Å²) in [6.45, 7) is 4.34. The van der Waals surface area contributed by atoms with E-state index in [1.54, 1.807) is 11.4 Å². The van der Waals surface area contributed by atoms with Crippen LogP contribution < -0.4 is 10.0 Å². The highest BCUT2D eigenvalue weighted by Gasteiger charge is 2.21. The van der Waals surface area contributed by atoms with Gasteiger partial charge in [-0.2, -0.15) is 0 Å². The fourth-order valence-electron chi connectivity index (χ4n) is 1.73. The van der Waals surface area contributed by atoms with Crippen molar-refractivity contribution in [2.24, 2.45) is 0 Å². The van der Waals surface area contributed by atoms with E-state index in [-0.39, 0.29) is 0 Å². The predicted octanol–water partition coefficient (Wildman–Crippen LogP) is 1.70. The van der Waals surface area contributed by atoms with Crippen molar-refractivity contribution in [3.05, 3.63) is 16.3 Å². The van der Waals surface area contributed by atoms with Crippen molar-refractivity contribution in [3.63, 3.8) is 0 Å². The molecule has 0 saturated heterocycles. The van der Waals surface area contributed by atoms with Gasteiger partial charge in [-0.05, 0) is 32.3 Å². The maximum absolute atomic E-state index is 12.1. The summed E-state index contributed by atoms with van der Waals surface area (Å²) in [6.07, 6.45) is 3.16. The molecule has 0 unspecified atom stereocenters. The Morgan fingerprint density at radius 3 is 2.95 bits per heavy atom. The number of rotatable bonds is 10. The Labute approximate surface area is 124 Å². The number of hydrogen-bond acceptors (Lipinski definition) is 5. The van der Waals surface area contributed by atoms with Crippen LogP contribution in [0.3, 0.4) is 0 Å². The van der Waals surface area contributed by atoms with E-state index in [0.29, 0.717) is 37.1 Å². The molecule has 20 heavy (non-hydrogen) atoms. The van der Waals surface area contributed by atoms with Gasteiger partial charge in [0.15, 0.2) is 0 Å². The highest BCUT2D eigenvalue weighted by molar-refractivity contribution is 7.89. The Kier molecular flexibility index (Phi) is 5.98. The molecule has 0 radical (unpaired) electrons. The third-order valence-corrected chi connectivity index (χ3v) is 5.57. The highest BCUT2D eigenvalue weighted by atomic mass is 32.2. The second-order valence-electron chi connectivity index (χ2n) is 4.85. The van der Waals surface area contributed by atoms with Gasteiger partial charge in [0.05, 0.1) is 4.90 Å². The second-order valence-corrected chi connectivity index (χ2v) is 7.61. The lowest BCUT2D eigenvalue weighted by molar-refractivity contribution is 0.146. The molecule has 114 valence electrons. The zero-order valence-corrected chi connectivity index (χ0v) is 13.4. The minimum atomic E-state index is -3.37. The van der Waals surface area contributed by atoms with Crippen molar-refractivity contribution in [2.45, 2.75) is 43.7 Å². The van der Waals surface area contributed by atoms with Crippen LogP contribution in [0.15, 0.2) is 16.3 Å². The summed E-state index contributed by atoms with van der Waals surface area (Å²) in [5.41, 5.74) is 0. The van der Waals surface area contributed by atoms with Gasteiger partial charge >= 0.3 is 0 Å². The summed E-state index contributed by atoms with van der Waals surface area (Å²) >= 11 is 1.49. The number of hydrogen-bond donors (Lipinski definition) is 2. The predicted molar refractivity (Wildman–Crippen MR) is 80.5 cm³/mol. The highest BCUT2D eigenvalue weighted by Crippen LogP contribution is 2.22. The second kappa shape index (κ2) is 7.51. The number of thiophene rings is 1. The van der Waals surface area contributed by atoms with Crippen LogP contribution >= 0.6 is 11.3 Å². The molecular formula is C13H22N2O3S2. The quantitative estimate of drug-likeness (QED) is 0.645. The van der Waals surface area contributed by atoms with E-state index in [4.69, 9.17) is 4.74 Å². The van der Waals surface area contributed by atoms with Crippen molar-refractivity contribution in [2.75, 3.05) is 19.8 Å². The van der Waals surface area contributed by atoms with Gasteiger partial charge in [-0.1, -0.05) is 0 Å². The minimum Gasteiger partial charge on any atom is -0.382 e. The van der Waals surface area contributed by atoms with Crippen molar-refractivity contribution >= 4 is 21.4 Å². The van der Waals surface area contributed by atoms with E-state index in [0.717, 1.165) is 11.4 Å². The van der Waals surface area contributed by atoms with Crippen molar-refractivity contribution in [3.8, 4) is 0 Å². The standard InChI is InChI=1S/C13H22N2O3S2/c1-2-18-7-3-6-15-20(16,17)13-8-12(19-10-13)9-14-11-4-5-11/h8,10-11,14-15H,2-7,9H2,1H3. The summed E-state index contributed by atoms with van der Waals surface area (Å²) < 4.78 is 31.9. The first-order valence-corrected chi connectivity index (χ1v) is 9.36. The summed E-state index contributed by atoms with van der Waals surface area (Å²) in [7, 11) is -3.37. The average Bonchev–Trinajstić information content (AvgIpc) is 3.12. The first kappa shape index (κ1) is 15.9. The van der Waals surface area contributed by atoms with Crippen LogP contribution in [-0.2, 0) is 21.3 Å². The van der Waals surface area contributed by atoms with Gasteiger partial charge in [0, 0.05) is 42.6 Å². The Morgan fingerprint density at radius 2 is 2.25 bits per heavy atom. The Bertz CT molecular complexity index is 509. The van der Waals surface area contributed by atoms with E-state index in [1.807, 2.05) is 6.92 Å². The zero-order valence-electron chi connectivity index (χ0n) is 11.7. The van der Waals surface area contributed by atoms with Crippen LogP contribution in [0.4, 0.5) is 0 Å². The fourth-order valence-corrected chi connectivity index (χ4v) is 4.03. The lowest BCUT2D eigenvalue weighted by Crippen LogP contribution is -2.25. The molecule has 1 aromatic heterocycles. The average molecular weight is 318 g/mol. The van der Waals surface area contributed by atoms with Gasteiger partial charge in [0.2, 0.25) is 10.0 Å². The first-order valence-electron chi connectivity index (χ1n) is 7.00. The van der Waals surface area contributed by atoms with Gasteiger partial charge in [-0.25, -0.2) is 13.1 Å². The van der Waals surface area contributed by atoms with E-state index < -0.39 is 10.0 Å². The van der Waals surface area contributed by atoms with Gasteiger partial charge in [-0.15, -0.1) is 11.3 Å². The van der Waals surface area contributed by atoms with Crippen LogP contribution in [0.2, 0.25) is 0 Å². The summed E-state index contributed by atoms with van der Waals surface area (Å²) in [5.74, 6) is 0. The van der Waals surface area contributed by atoms with Crippen LogP contribution in [-0.4, -0.2) is 34.2 Å². The fraction of sp³-hybridized carbons (Fsp3) is 0.692.